The summed E-state index contributed by atoms with van der Waals surface area (Å²) in [5, 5.41) is 2.82. The van der Waals surface area contributed by atoms with Gasteiger partial charge in [-0.05, 0) is 30.2 Å². The van der Waals surface area contributed by atoms with Gasteiger partial charge in [-0.25, -0.2) is 9.37 Å². The van der Waals surface area contributed by atoms with Crippen molar-refractivity contribution < 1.29 is 9.18 Å². The van der Waals surface area contributed by atoms with Crippen LogP contribution in [0.3, 0.4) is 0 Å². The molecule has 0 saturated heterocycles. The van der Waals surface area contributed by atoms with Gasteiger partial charge in [0.25, 0.3) is 0 Å². The normalized spacial score (nSPS) is 10.8. The molecule has 0 aliphatic heterocycles. The fourth-order valence-corrected chi connectivity index (χ4v) is 2.48. The predicted octanol–water partition coefficient (Wildman–Crippen LogP) is 2.99. The minimum Gasteiger partial charge on any atom is -0.356 e. The zero-order valence-corrected chi connectivity index (χ0v) is 12.7. The quantitative estimate of drug-likeness (QED) is 0.688. The molecule has 0 bridgehead atoms. The molecule has 0 atom stereocenters. The fourth-order valence-electron chi connectivity index (χ4n) is 2.48. The van der Waals surface area contributed by atoms with Gasteiger partial charge in [0.05, 0.1) is 17.5 Å². The zero-order valence-electron chi connectivity index (χ0n) is 12.7. The number of benzene rings is 2. The summed E-state index contributed by atoms with van der Waals surface area (Å²) in [5.74, 6) is 0.402. The van der Waals surface area contributed by atoms with Gasteiger partial charge in [0.15, 0.2) is 0 Å². The first-order valence-electron chi connectivity index (χ1n) is 7.66. The summed E-state index contributed by atoms with van der Waals surface area (Å²) in [6.45, 7) is 0.546. The number of imidazole rings is 1. The highest BCUT2D eigenvalue weighted by atomic mass is 19.1. The number of carbonyl (C=O) groups excluding carboxylic acids is 1. The Morgan fingerprint density at radius 2 is 1.91 bits per heavy atom. The molecule has 0 aliphatic carbocycles. The average Bonchev–Trinajstić information content (AvgIpc) is 2.96. The Bertz CT molecular complexity index is 780. The second-order valence-corrected chi connectivity index (χ2v) is 5.42. The molecule has 1 amide bonds. The van der Waals surface area contributed by atoms with Gasteiger partial charge >= 0.3 is 0 Å². The Labute approximate surface area is 133 Å². The number of nitrogens with one attached hydrogen (secondary N) is 2. The molecule has 2 N–H and O–H groups in total. The molecule has 0 saturated carbocycles. The number of carbonyl (C=O) groups is 1. The molecular formula is C18H18FN3O. The summed E-state index contributed by atoms with van der Waals surface area (Å²) >= 11 is 0. The van der Waals surface area contributed by atoms with Crippen molar-refractivity contribution in [1.82, 2.24) is 15.3 Å². The van der Waals surface area contributed by atoms with E-state index in [1.165, 1.54) is 6.07 Å². The number of amides is 1. The van der Waals surface area contributed by atoms with Crippen molar-refractivity contribution in [3.63, 3.8) is 0 Å². The molecule has 0 radical (unpaired) electrons. The van der Waals surface area contributed by atoms with Gasteiger partial charge < -0.3 is 10.3 Å². The number of H-pyrrole nitrogens is 1. The molecule has 2 aromatic carbocycles. The number of aryl methyl sites for hydroxylation is 1. The van der Waals surface area contributed by atoms with Crippen LogP contribution in [0.2, 0.25) is 0 Å². The summed E-state index contributed by atoms with van der Waals surface area (Å²) in [7, 11) is 0. The molecule has 1 aromatic heterocycles. The first-order valence-corrected chi connectivity index (χ1v) is 7.66. The number of rotatable bonds is 6. The van der Waals surface area contributed by atoms with Crippen molar-refractivity contribution in [1.29, 1.82) is 0 Å². The lowest BCUT2D eigenvalue weighted by atomic mass is 10.1. The minimum atomic E-state index is -0.343. The molecule has 118 valence electrons. The van der Waals surface area contributed by atoms with Crippen LogP contribution in [0.15, 0.2) is 48.5 Å². The van der Waals surface area contributed by atoms with Crippen LogP contribution in [0.4, 0.5) is 4.39 Å². The van der Waals surface area contributed by atoms with Crippen molar-refractivity contribution in [2.24, 2.45) is 0 Å². The summed E-state index contributed by atoms with van der Waals surface area (Å²) in [5.41, 5.74) is 2.39. The van der Waals surface area contributed by atoms with E-state index in [0.29, 0.717) is 12.1 Å². The highest BCUT2D eigenvalue weighted by Gasteiger charge is 2.07. The van der Waals surface area contributed by atoms with Crippen molar-refractivity contribution in [2.75, 3.05) is 6.54 Å². The molecule has 4 nitrogen and oxygen atoms in total. The number of nitrogens with zero attached hydrogens (tertiary/aromatic N) is 1. The molecule has 0 spiro atoms. The van der Waals surface area contributed by atoms with E-state index < -0.39 is 0 Å². The highest BCUT2D eigenvalue weighted by Crippen LogP contribution is 2.11. The van der Waals surface area contributed by atoms with Crippen LogP contribution < -0.4 is 5.32 Å². The maximum atomic E-state index is 13.5. The van der Waals surface area contributed by atoms with Crippen LogP contribution >= 0.6 is 0 Å². The number of aromatic amines is 1. The van der Waals surface area contributed by atoms with E-state index in [9.17, 15) is 9.18 Å². The van der Waals surface area contributed by atoms with Crippen molar-refractivity contribution in [3.05, 3.63) is 65.7 Å². The van der Waals surface area contributed by atoms with Crippen LogP contribution in [0.25, 0.3) is 11.0 Å². The van der Waals surface area contributed by atoms with E-state index in [1.807, 2.05) is 24.3 Å². The van der Waals surface area contributed by atoms with Gasteiger partial charge in [-0.15, -0.1) is 0 Å². The van der Waals surface area contributed by atoms with Crippen LogP contribution in [0.5, 0.6) is 0 Å². The van der Waals surface area contributed by atoms with Crippen molar-refractivity contribution in [3.8, 4) is 0 Å². The number of hydrogen-bond donors (Lipinski definition) is 2. The standard InChI is InChI=1S/C18H18FN3O/c19-14-7-2-1-6-13(14)12-18(23)20-11-5-10-17-21-15-8-3-4-9-16(15)22-17/h1-4,6-9H,5,10-12H2,(H,20,23)(H,21,22). The average molecular weight is 311 g/mol. The Hall–Kier alpha value is -2.69. The molecule has 3 rings (SSSR count). The largest absolute Gasteiger partial charge is 0.356 e. The Kier molecular flexibility index (Phi) is 4.66. The van der Waals surface area contributed by atoms with E-state index >= 15 is 0 Å². The van der Waals surface area contributed by atoms with Gasteiger partial charge in [-0.1, -0.05) is 30.3 Å². The van der Waals surface area contributed by atoms with Gasteiger partial charge in [0.2, 0.25) is 5.91 Å². The van der Waals surface area contributed by atoms with Crippen LogP contribution in [-0.2, 0) is 17.6 Å². The second-order valence-electron chi connectivity index (χ2n) is 5.42. The molecule has 3 aromatic rings. The lowest BCUT2D eigenvalue weighted by Gasteiger charge is -2.05. The van der Waals surface area contributed by atoms with Crippen LogP contribution in [0, 0.1) is 5.82 Å². The lowest BCUT2D eigenvalue weighted by Crippen LogP contribution is -2.26. The van der Waals surface area contributed by atoms with Gasteiger partial charge in [-0.3, -0.25) is 4.79 Å². The first kappa shape index (κ1) is 15.2. The molecule has 0 unspecified atom stereocenters. The summed E-state index contributed by atoms with van der Waals surface area (Å²) in [6.07, 6.45) is 1.61. The van der Waals surface area contributed by atoms with E-state index in [2.05, 4.69) is 15.3 Å². The number of fused-ring (bicyclic) bond motifs is 1. The van der Waals surface area contributed by atoms with E-state index in [-0.39, 0.29) is 18.1 Å². The van der Waals surface area contributed by atoms with Gasteiger partial charge in [-0.2, -0.15) is 0 Å². The number of aromatic nitrogens is 2. The Morgan fingerprint density at radius 3 is 2.74 bits per heavy atom. The third kappa shape index (κ3) is 3.94. The van der Waals surface area contributed by atoms with Crippen LogP contribution in [-0.4, -0.2) is 22.4 Å². The molecule has 5 heteroatoms. The maximum absolute atomic E-state index is 13.5. The third-order valence-corrected chi connectivity index (χ3v) is 3.66. The van der Waals surface area contributed by atoms with E-state index in [1.54, 1.807) is 18.2 Å². The zero-order chi connectivity index (χ0) is 16.1. The number of para-hydroxylation sites is 2. The smallest absolute Gasteiger partial charge is 0.224 e. The highest BCUT2D eigenvalue weighted by molar-refractivity contribution is 5.78. The number of hydrogen-bond acceptors (Lipinski definition) is 2. The minimum absolute atomic E-state index is 0.0668. The summed E-state index contributed by atoms with van der Waals surface area (Å²) < 4.78 is 13.5. The SMILES string of the molecule is O=C(Cc1ccccc1F)NCCCc1nc2ccccc2[nH]1. The van der Waals surface area contributed by atoms with Crippen molar-refractivity contribution in [2.45, 2.75) is 19.3 Å². The monoisotopic (exact) mass is 311 g/mol. The summed E-state index contributed by atoms with van der Waals surface area (Å²) in [4.78, 5) is 19.6. The molecular weight excluding hydrogens is 293 g/mol. The van der Waals surface area contributed by atoms with E-state index in [4.69, 9.17) is 0 Å². The maximum Gasteiger partial charge on any atom is 0.224 e. The topological polar surface area (TPSA) is 57.8 Å². The molecule has 1 heterocycles. The van der Waals surface area contributed by atoms with Gasteiger partial charge in [0, 0.05) is 13.0 Å². The van der Waals surface area contributed by atoms with Crippen molar-refractivity contribution >= 4 is 16.9 Å². The third-order valence-electron chi connectivity index (χ3n) is 3.66. The van der Waals surface area contributed by atoms with E-state index in [0.717, 1.165) is 29.7 Å². The molecule has 0 fully saturated rings. The molecule has 0 aliphatic rings. The Morgan fingerprint density at radius 1 is 1.13 bits per heavy atom. The Balaban J connectivity index is 1.44. The first-order chi connectivity index (χ1) is 11.2. The van der Waals surface area contributed by atoms with Gasteiger partial charge in [0.1, 0.15) is 11.6 Å². The number of halogens is 1. The lowest BCUT2D eigenvalue weighted by molar-refractivity contribution is -0.120. The fraction of sp³-hybridized carbons (Fsp3) is 0.222. The summed E-state index contributed by atoms with van der Waals surface area (Å²) in [6, 6.07) is 14.2. The second kappa shape index (κ2) is 7.05. The predicted molar refractivity (Wildman–Crippen MR) is 87.5 cm³/mol. The van der Waals surface area contributed by atoms with Crippen LogP contribution in [0.1, 0.15) is 17.8 Å². The molecule has 23 heavy (non-hydrogen) atoms.